The summed E-state index contributed by atoms with van der Waals surface area (Å²) >= 11 is 0. The summed E-state index contributed by atoms with van der Waals surface area (Å²) in [6.07, 6.45) is 7.85. The monoisotopic (exact) mass is 478 g/mol. The molecule has 1 aromatic carbocycles. The van der Waals surface area contributed by atoms with Gasteiger partial charge in [0.05, 0.1) is 6.54 Å². The molecule has 5 rings (SSSR count). The Morgan fingerprint density at radius 1 is 1.06 bits per heavy atom. The summed E-state index contributed by atoms with van der Waals surface area (Å²) in [7, 11) is 0. The highest BCUT2D eigenvalue weighted by molar-refractivity contribution is 6.03. The number of amides is 2. The van der Waals surface area contributed by atoms with Gasteiger partial charge in [-0.2, -0.15) is 0 Å². The highest BCUT2D eigenvalue weighted by Gasteiger charge is 2.48. The van der Waals surface area contributed by atoms with Gasteiger partial charge < -0.3 is 19.7 Å². The predicted octanol–water partition coefficient (Wildman–Crippen LogP) is 4.67. The van der Waals surface area contributed by atoms with Crippen molar-refractivity contribution >= 4 is 22.7 Å². The largest absolute Gasteiger partial charge is 0.351 e. The second-order valence-electron chi connectivity index (χ2n) is 11.8. The summed E-state index contributed by atoms with van der Waals surface area (Å²) in [4.78, 5) is 32.2. The van der Waals surface area contributed by atoms with Crippen molar-refractivity contribution in [3.8, 4) is 0 Å². The number of aromatic nitrogens is 1. The highest BCUT2D eigenvalue weighted by atomic mass is 16.2. The van der Waals surface area contributed by atoms with E-state index in [9.17, 15) is 9.59 Å². The Labute approximate surface area is 210 Å². The SMILES string of the molecule is CC1CC(C)CN(CCCN2C(=O)c3cc4ccccc4n3CC2(C)C(=O)NC2CCCCC2)C1. The number of fused-ring (bicyclic) bond motifs is 3. The third-order valence-electron chi connectivity index (χ3n) is 8.57. The average molecular weight is 479 g/mol. The molecule has 2 aliphatic heterocycles. The van der Waals surface area contributed by atoms with Gasteiger partial charge in [0.15, 0.2) is 0 Å². The minimum absolute atomic E-state index is 0.00129. The highest BCUT2D eigenvalue weighted by Crippen LogP contribution is 2.33. The van der Waals surface area contributed by atoms with Gasteiger partial charge in [0.25, 0.3) is 5.91 Å². The second kappa shape index (κ2) is 9.96. The Bertz CT molecular complexity index is 1060. The standard InChI is InChI=1S/C29H42N4O2/c1-21-16-22(2)19-31(18-21)14-9-15-33-27(34)26-17-23-10-7-8-13-25(23)32(26)20-29(33,3)28(35)30-24-11-5-4-6-12-24/h7-8,10,13,17,21-22,24H,4-6,9,11-12,14-16,18-20H2,1-3H3,(H,30,35). The van der Waals surface area contributed by atoms with Gasteiger partial charge in [0.2, 0.25) is 5.91 Å². The number of carbonyl (C=O) groups excluding carboxylic acids is 2. The lowest BCUT2D eigenvalue weighted by Gasteiger charge is -2.45. The van der Waals surface area contributed by atoms with Gasteiger partial charge in [0, 0.05) is 36.6 Å². The number of benzene rings is 1. The minimum Gasteiger partial charge on any atom is -0.351 e. The summed E-state index contributed by atoms with van der Waals surface area (Å²) in [6.45, 7) is 11.0. The molecule has 1 N–H and O–H groups in total. The van der Waals surface area contributed by atoms with E-state index in [0.717, 1.165) is 61.6 Å². The van der Waals surface area contributed by atoms with Gasteiger partial charge in [0.1, 0.15) is 11.2 Å². The fourth-order valence-electron chi connectivity index (χ4n) is 6.87. The van der Waals surface area contributed by atoms with E-state index in [2.05, 4.69) is 40.8 Å². The molecule has 6 nitrogen and oxygen atoms in total. The van der Waals surface area contributed by atoms with Crippen molar-refractivity contribution in [1.82, 2.24) is 19.7 Å². The van der Waals surface area contributed by atoms with Crippen molar-refractivity contribution in [2.45, 2.75) is 83.8 Å². The molecule has 3 unspecified atom stereocenters. The van der Waals surface area contributed by atoms with Crippen molar-refractivity contribution in [2.75, 3.05) is 26.2 Å². The van der Waals surface area contributed by atoms with Crippen LogP contribution in [0.4, 0.5) is 0 Å². The zero-order chi connectivity index (χ0) is 24.6. The van der Waals surface area contributed by atoms with Gasteiger partial charge >= 0.3 is 0 Å². The molecule has 6 heteroatoms. The summed E-state index contributed by atoms with van der Waals surface area (Å²) in [6, 6.07) is 10.3. The molecule has 190 valence electrons. The zero-order valence-corrected chi connectivity index (χ0v) is 21.8. The van der Waals surface area contributed by atoms with Crippen molar-refractivity contribution in [2.24, 2.45) is 11.8 Å². The van der Waals surface area contributed by atoms with Crippen LogP contribution >= 0.6 is 0 Å². The number of piperidine rings is 1. The van der Waals surface area contributed by atoms with Crippen LogP contribution < -0.4 is 5.32 Å². The van der Waals surface area contributed by atoms with Gasteiger partial charge in [-0.25, -0.2) is 0 Å². The fourth-order valence-corrected chi connectivity index (χ4v) is 6.87. The molecule has 1 saturated carbocycles. The van der Waals surface area contributed by atoms with E-state index in [1.807, 2.05) is 30.0 Å². The first-order valence-electron chi connectivity index (χ1n) is 13.8. The second-order valence-corrected chi connectivity index (χ2v) is 11.8. The number of hydrogen-bond donors (Lipinski definition) is 1. The third-order valence-corrected chi connectivity index (χ3v) is 8.57. The van der Waals surface area contributed by atoms with E-state index in [1.54, 1.807) is 0 Å². The van der Waals surface area contributed by atoms with E-state index < -0.39 is 5.54 Å². The molecule has 0 spiro atoms. The molecule has 3 aliphatic rings. The van der Waals surface area contributed by atoms with Crippen molar-refractivity contribution in [3.05, 3.63) is 36.0 Å². The van der Waals surface area contributed by atoms with Crippen LogP contribution in [0, 0.1) is 11.8 Å². The molecule has 2 fully saturated rings. The lowest BCUT2D eigenvalue weighted by Crippen LogP contribution is -2.65. The van der Waals surface area contributed by atoms with Gasteiger partial charge in [-0.3, -0.25) is 9.59 Å². The lowest BCUT2D eigenvalue weighted by molar-refractivity contribution is -0.133. The molecule has 2 amide bonds. The quantitative estimate of drug-likeness (QED) is 0.656. The number of carbonyl (C=O) groups is 2. The molecule has 3 atom stereocenters. The van der Waals surface area contributed by atoms with Crippen molar-refractivity contribution in [1.29, 1.82) is 0 Å². The van der Waals surface area contributed by atoms with E-state index in [4.69, 9.17) is 0 Å². The Kier molecular flexibility index (Phi) is 6.93. The van der Waals surface area contributed by atoms with E-state index >= 15 is 0 Å². The van der Waals surface area contributed by atoms with Gasteiger partial charge in [-0.05, 0) is 63.1 Å². The van der Waals surface area contributed by atoms with Crippen LogP contribution in [-0.2, 0) is 11.3 Å². The third kappa shape index (κ3) is 4.87. The van der Waals surface area contributed by atoms with E-state index in [-0.39, 0.29) is 17.9 Å². The first kappa shape index (κ1) is 24.4. The van der Waals surface area contributed by atoms with Crippen LogP contribution in [-0.4, -0.2) is 63.9 Å². The number of rotatable bonds is 6. The Hall–Kier alpha value is -2.34. The zero-order valence-electron chi connectivity index (χ0n) is 21.8. The van der Waals surface area contributed by atoms with Crippen LogP contribution in [0.2, 0.25) is 0 Å². The molecular weight excluding hydrogens is 436 g/mol. The van der Waals surface area contributed by atoms with Crippen LogP contribution in [0.15, 0.2) is 30.3 Å². The van der Waals surface area contributed by atoms with Gasteiger partial charge in [-0.1, -0.05) is 51.3 Å². The molecule has 0 bridgehead atoms. The summed E-state index contributed by atoms with van der Waals surface area (Å²) in [5.41, 5.74) is 0.837. The Balaban J connectivity index is 1.38. The molecule has 2 aromatic rings. The topological polar surface area (TPSA) is 57.6 Å². The molecular formula is C29H42N4O2. The molecule has 3 heterocycles. The first-order valence-corrected chi connectivity index (χ1v) is 13.8. The molecule has 1 saturated heterocycles. The fraction of sp³-hybridized carbons (Fsp3) is 0.655. The minimum atomic E-state index is -0.897. The number of para-hydroxylation sites is 1. The van der Waals surface area contributed by atoms with Gasteiger partial charge in [-0.15, -0.1) is 0 Å². The smallest absolute Gasteiger partial charge is 0.271 e. The summed E-state index contributed by atoms with van der Waals surface area (Å²) in [5, 5.41) is 4.40. The molecule has 0 radical (unpaired) electrons. The number of hydrogen-bond acceptors (Lipinski definition) is 3. The summed E-state index contributed by atoms with van der Waals surface area (Å²) < 4.78 is 2.07. The molecule has 1 aliphatic carbocycles. The maximum atomic E-state index is 13.9. The number of likely N-dealkylation sites (tertiary alicyclic amines) is 1. The molecule has 1 aromatic heterocycles. The van der Waals surface area contributed by atoms with Crippen LogP contribution in [0.5, 0.6) is 0 Å². The number of nitrogens with zero attached hydrogens (tertiary/aromatic N) is 3. The van der Waals surface area contributed by atoms with Crippen LogP contribution in [0.3, 0.4) is 0 Å². The predicted molar refractivity (Wildman–Crippen MR) is 140 cm³/mol. The van der Waals surface area contributed by atoms with Crippen LogP contribution in [0.1, 0.15) is 76.2 Å². The number of nitrogens with one attached hydrogen (secondary N) is 1. The van der Waals surface area contributed by atoms with E-state index in [0.29, 0.717) is 18.8 Å². The first-order chi connectivity index (χ1) is 16.8. The molecule has 35 heavy (non-hydrogen) atoms. The summed E-state index contributed by atoms with van der Waals surface area (Å²) in [5.74, 6) is 1.42. The van der Waals surface area contributed by atoms with E-state index in [1.165, 1.54) is 25.7 Å². The Morgan fingerprint density at radius 3 is 2.51 bits per heavy atom. The maximum absolute atomic E-state index is 13.9. The Morgan fingerprint density at radius 2 is 1.77 bits per heavy atom. The average Bonchev–Trinajstić information content (AvgIpc) is 3.20. The van der Waals surface area contributed by atoms with Crippen molar-refractivity contribution < 1.29 is 9.59 Å². The maximum Gasteiger partial charge on any atom is 0.271 e. The van der Waals surface area contributed by atoms with Crippen molar-refractivity contribution in [3.63, 3.8) is 0 Å². The normalized spacial score (nSPS) is 28.3. The lowest BCUT2D eigenvalue weighted by atomic mass is 9.91. The van der Waals surface area contributed by atoms with Crippen LogP contribution in [0.25, 0.3) is 10.9 Å².